The molecule has 0 saturated heterocycles. The summed E-state index contributed by atoms with van der Waals surface area (Å²) in [6.45, 7) is 0. The summed E-state index contributed by atoms with van der Waals surface area (Å²) in [5.74, 6) is -2.27. The van der Waals surface area contributed by atoms with Gasteiger partial charge in [-0.1, -0.05) is 48.5 Å². The maximum absolute atomic E-state index is 12.1. The van der Waals surface area contributed by atoms with E-state index in [1.165, 1.54) is 18.2 Å². The first-order valence-electron chi connectivity index (χ1n) is 8.60. The molecular weight excluding hydrogens is 372 g/mol. The fourth-order valence-electron chi connectivity index (χ4n) is 2.56. The van der Waals surface area contributed by atoms with E-state index in [-0.39, 0.29) is 22.7 Å². The highest BCUT2D eigenvalue weighted by atomic mass is 16.5. The van der Waals surface area contributed by atoms with Gasteiger partial charge < -0.3 is 14.9 Å². The molecule has 3 aromatic carbocycles. The normalized spacial score (nSPS) is 10.6. The SMILES string of the molecule is O=C(O)c1ccc(C(=O)O)c(Oc2ccc(/C=C/C(=O)c3ccccc3)cc2)c1. The number of carbonyl (C=O) groups is 3. The Labute approximate surface area is 166 Å². The Morgan fingerprint density at radius 1 is 0.759 bits per heavy atom. The molecule has 0 aliphatic heterocycles. The van der Waals surface area contributed by atoms with Crippen molar-refractivity contribution in [2.75, 3.05) is 0 Å². The van der Waals surface area contributed by atoms with Gasteiger partial charge in [0.1, 0.15) is 17.1 Å². The van der Waals surface area contributed by atoms with E-state index in [2.05, 4.69) is 0 Å². The van der Waals surface area contributed by atoms with Crippen LogP contribution in [0.1, 0.15) is 36.6 Å². The van der Waals surface area contributed by atoms with E-state index < -0.39 is 11.9 Å². The Morgan fingerprint density at radius 3 is 2.07 bits per heavy atom. The number of carbonyl (C=O) groups excluding carboxylic acids is 1. The first kappa shape index (κ1) is 19.6. The lowest BCUT2D eigenvalue weighted by Crippen LogP contribution is -2.03. The van der Waals surface area contributed by atoms with Crippen LogP contribution in [-0.2, 0) is 0 Å². The number of benzene rings is 3. The van der Waals surface area contributed by atoms with E-state index in [0.29, 0.717) is 11.3 Å². The van der Waals surface area contributed by atoms with Crippen LogP contribution >= 0.6 is 0 Å². The van der Waals surface area contributed by atoms with E-state index >= 15 is 0 Å². The quantitative estimate of drug-likeness (QED) is 0.447. The highest BCUT2D eigenvalue weighted by molar-refractivity contribution is 6.06. The summed E-state index contributed by atoms with van der Waals surface area (Å²) >= 11 is 0. The van der Waals surface area contributed by atoms with Gasteiger partial charge in [0.05, 0.1) is 5.56 Å². The topological polar surface area (TPSA) is 101 Å². The van der Waals surface area contributed by atoms with E-state index in [0.717, 1.165) is 11.6 Å². The first-order valence-corrected chi connectivity index (χ1v) is 8.60. The maximum atomic E-state index is 12.1. The molecule has 0 bridgehead atoms. The molecule has 0 aliphatic rings. The second-order valence-electron chi connectivity index (χ2n) is 6.06. The molecule has 2 N–H and O–H groups in total. The Hall–Kier alpha value is -4.19. The van der Waals surface area contributed by atoms with Crippen LogP contribution in [0.3, 0.4) is 0 Å². The lowest BCUT2D eigenvalue weighted by Gasteiger charge is -2.10. The molecule has 6 heteroatoms. The monoisotopic (exact) mass is 388 g/mol. The number of carboxylic acid groups (broad SMARTS) is 2. The van der Waals surface area contributed by atoms with Gasteiger partial charge in [0, 0.05) is 5.56 Å². The molecule has 3 rings (SSSR count). The number of aromatic carboxylic acids is 2. The number of rotatable bonds is 7. The molecule has 0 spiro atoms. The molecule has 29 heavy (non-hydrogen) atoms. The summed E-state index contributed by atoms with van der Waals surface area (Å²) in [5.41, 5.74) is 1.11. The third-order valence-corrected chi connectivity index (χ3v) is 4.05. The number of carboxylic acids is 2. The number of ether oxygens (including phenoxy) is 1. The van der Waals surface area contributed by atoms with Gasteiger partial charge in [-0.3, -0.25) is 4.79 Å². The van der Waals surface area contributed by atoms with Crippen molar-refractivity contribution in [2.24, 2.45) is 0 Å². The van der Waals surface area contributed by atoms with Crippen LogP contribution < -0.4 is 4.74 Å². The molecule has 0 aromatic heterocycles. The second-order valence-corrected chi connectivity index (χ2v) is 6.06. The Balaban J connectivity index is 1.76. The third kappa shape index (κ3) is 4.95. The summed E-state index contributed by atoms with van der Waals surface area (Å²) < 4.78 is 5.58. The average molecular weight is 388 g/mol. The molecule has 0 aliphatic carbocycles. The molecular formula is C23H16O6. The van der Waals surface area contributed by atoms with E-state index in [9.17, 15) is 19.5 Å². The predicted molar refractivity (Wildman–Crippen MR) is 107 cm³/mol. The van der Waals surface area contributed by atoms with Gasteiger partial charge in [-0.05, 0) is 42.0 Å². The summed E-state index contributed by atoms with van der Waals surface area (Å²) in [5, 5.41) is 18.4. The molecule has 0 atom stereocenters. The molecule has 0 unspecified atom stereocenters. The van der Waals surface area contributed by atoms with Gasteiger partial charge in [0.2, 0.25) is 0 Å². The van der Waals surface area contributed by atoms with Crippen molar-refractivity contribution in [3.8, 4) is 11.5 Å². The molecule has 3 aromatic rings. The average Bonchev–Trinajstić information content (AvgIpc) is 2.73. The zero-order valence-electron chi connectivity index (χ0n) is 15.1. The van der Waals surface area contributed by atoms with Crippen molar-refractivity contribution in [2.45, 2.75) is 0 Å². The van der Waals surface area contributed by atoms with Gasteiger partial charge in [0.25, 0.3) is 0 Å². The van der Waals surface area contributed by atoms with Crippen molar-refractivity contribution in [3.63, 3.8) is 0 Å². The Morgan fingerprint density at radius 2 is 1.45 bits per heavy atom. The first-order chi connectivity index (χ1) is 13.9. The molecule has 0 amide bonds. The van der Waals surface area contributed by atoms with E-state index in [4.69, 9.17) is 9.84 Å². The minimum absolute atomic E-state index is 0.0695. The molecule has 144 valence electrons. The predicted octanol–water partition coefficient (Wildman–Crippen LogP) is 4.77. The van der Waals surface area contributed by atoms with Crippen LogP contribution in [0.4, 0.5) is 0 Å². The Kier molecular flexibility index (Phi) is 5.85. The lowest BCUT2D eigenvalue weighted by molar-refractivity contribution is 0.0678. The van der Waals surface area contributed by atoms with E-state index in [1.54, 1.807) is 54.6 Å². The fraction of sp³-hybridized carbons (Fsp3) is 0. The number of hydrogen-bond acceptors (Lipinski definition) is 4. The number of ketones is 1. The van der Waals surface area contributed by atoms with Crippen molar-refractivity contribution >= 4 is 23.8 Å². The highest BCUT2D eigenvalue weighted by Crippen LogP contribution is 2.27. The van der Waals surface area contributed by atoms with Gasteiger partial charge in [0.15, 0.2) is 5.78 Å². The van der Waals surface area contributed by atoms with Crippen LogP contribution in [0.2, 0.25) is 0 Å². The Bertz CT molecular complexity index is 1080. The minimum Gasteiger partial charge on any atom is -0.478 e. The summed E-state index contributed by atoms with van der Waals surface area (Å²) in [7, 11) is 0. The molecule has 6 nitrogen and oxygen atoms in total. The molecule has 0 heterocycles. The summed E-state index contributed by atoms with van der Waals surface area (Å²) in [4.78, 5) is 34.6. The zero-order valence-corrected chi connectivity index (χ0v) is 15.1. The highest BCUT2D eigenvalue weighted by Gasteiger charge is 2.15. The zero-order chi connectivity index (χ0) is 20.8. The second kappa shape index (κ2) is 8.67. The molecule has 0 fully saturated rings. The molecule has 0 saturated carbocycles. The standard InChI is InChI=1S/C23H16O6/c24-20(16-4-2-1-3-5-16)13-8-15-6-10-18(11-7-15)29-21-14-17(22(25)26)9-12-19(21)23(27)28/h1-14H,(H,25,26)(H,27,28)/b13-8+. The molecule has 0 radical (unpaired) electrons. The maximum Gasteiger partial charge on any atom is 0.339 e. The van der Waals surface area contributed by atoms with Gasteiger partial charge in [-0.15, -0.1) is 0 Å². The van der Waals surface area contributed by atoms with Crippen LogP contribution in [0, 0.1) is 0 Å². The van der Waals surface area contributed by atoms with Crippen LogP contribution in [0.5, 0.6) is 11.5 Å². The van der Waals surface area contributed by atoms with Crippen LogP contribution in [0.25, 0.3) is 6.08 Å². The largest absolute Gasteiger partial charge is 0.478 e. The number of hydrogen-bond donors (Lipinski definition) is 2. The minimum atomic E-state index is -1.23. The van der Waals surface area contributed by atoms with Gasteiger partial charge in [-0.25, -0.2) is 9.59 Å². The number of allylic oxidation sites excluding steroid dienone is 1. The summed E-state index contributed by atoms with van der Waals surface area (Å²) in [6, 6.07) is 19.0. The van der Waals surface area contributed by atoms with Crippen molar-refractivity contribution in [1.82, 2.24) is 0 Å². The van der Waals surface area contributed by atoms with Gasteiger partial charge in [-0.2, -0.15) is 0 Å². The van der Waals surface area contributed by atoms with Crippen LogP contribution in [-0.4, -0.2) is 27.9 Å². The third-order valence-electron chi connectivity index (χ3n) is 4.05. The fourth-order valence-corrected chi connectivity index (χ4v) is 2.56. The van der Waals surface area contributed by atoms with Crippen molar-refractivity contribution in [1.29, 1.82) is 0 Å². The summed E-state index contributed by atoms with van der Waals surface area (Å²) in [6.07, 6.45) is 3.12. The van der Waals surface area contributed by atoms with E-state index in [1.807, 2.05) is 6.07 Å². The van der Waals surface area contributed by atoms with Crippen molar-refractivity contribution in [3.05, 3.63) is 101 Å². The van der Waals surface area contributed by atoms with Crippen LogP contribution in [0.15, 0.2) is 78.9 Å². The van der Waals surface area contributed by atoms with Gasteiger partial charge >= 0.3 is 11.9 Å². The lowest BCUT2D eigenvalue weighted by atomic mass is 10.1. The van der Waals surface area contributed by atoms with Crippen molar-refractivity contribution < 1.29 is 29.3 Å². The smallest absolute Gasteiger partial charge is 0.339 e.